The first-order valence-electron chi connectivity index (χ1n) is 6.38. The summed E-state index contributed by atoms with van der Waals surface area (Å²) in [7, 11) is 0. The molecule has 0 fully saturated rings. The molecule has 0 spiro atoms. The molecule has 106 valence electrons. The van der Waals surface area contributed by atoms with Crippen molar-refractivity contribution in [3.63, 3.8) is 0 Å². The summed E-state index contributed by atoms with van der Waals surface area (Å²) in [6.07, 6.45) is 0. The molecule has 4 heteroatoms. The van der Waals surface area contributed by atoms with Crippen LogP contribution in [0.3, 0.4) is 0 Å². The van der Waals surface area contributed by atoms with Crippen molar-refractivity contribution in [2.75, 3.05) is 11.9 Å². The van der Waals surface area contributed by atoms with Gasteiger partial charge in [-0.1, -0.05) is 35.6 Å². The van der Waals surface area contributed by atoms with E-state index in [0.29, 0.717) is 21.8 Å². The number of rotatable bonds is 2. The highest BCUT2D eigenvalue weighted by Crippen LogP contribution is 2.23. The average Bonchev–Trinajstić information content (AvgIpc) is 2.50. The number of halogens is 1. The zero-order valence-electron chi connectivity index (χ0n) is 11.5. The minimum atomic E-state index is -0.229. The molecule has 0 radical (unpaired) electrons. The molecule has 0 unspecified atom stereocenters. The summed E-state index contributed by atoms with van der Waals surface area (Å²) in [5.41, 5.74) is 2.68. The van der Waals surface area contributed by atoms with Crippen molar-refractivity contribution in [3.05, 3.63) is 64.2 Å². The van der Waals surface area contributed by atoms with E-state index in [-0.39, 0.29) is 12.5 Å². The van der Waals surface area contributed by atoms with E-state index in [9.17, 15) is 4.79 Å². The molecule has 2 rings (SSSR count). The van der Waals surface area contributed by atoms with E-state index in [0.717, 1.165) is 5.56 Å². The Labute approximate surface area is 128 Å². The van der Waals surface area contributed by atoms with E-state index in [2.05, 4.69) is 17.2 Å². The Morgan fingerprint density at radius 1 is 1.29 bits per heavy atom. The van der Waals surface area contributed by atoms with Crippen molar-refractivity contribution in [2.24, 2.45) is 0 Å². The van der Waals surface area contributed by atoms with Crippen molar-refractivity contribution in [1.82, 2.24) is 0 Å². The van der Waals surface area contributed by atoms with Gasteiger partial charge in [0.2, 0.25) is 0 Å². The van der Waals surface area contributed by atoms with Crippen LogP contribution >= 0.6 is 11.6 Å². The number of amides is 1. The van der Waals surface area contributed by atoms with Gasteiger partial charge in [0.15, 0.2) is 0 Å². The fraction of sp³-hybridized carbons (Fsp3) is 0.118. The largest absolute Gasteiger partial charge is 0.384 e. The topological polar surface area (TPSA) is 49.3 Å². The lowest BCUT2D eigenvalue weighted by atomic mass is 10.1. The zero-order valence-corrected chi connectivity index (χ0v) is 12.2. The Hall–Kier alpha value is -2.28. The van der Waals surface area contributed by atoms with Crippen molar-refractivity contribution in [1.29, 1.82) is 0 Å². The van der Waals surface area contributed by atoms with Crippen LogP contribution in [-0.4, -0.2) is 17.6 Å². The van der Waals surface area contributed by atoms with E-state index in [4.69, 9.17) is 16.7 Å². The van der Waals surface area contributed by atoms with Crippen molar-refractivity contribution in [2.45, 2.75) is 6.92 Å². The lowest BCUT2D eigenvalue weighted by Crippen LogP contribution is -2.12. The minimum absolute atomic E-state index is 0.210. The third kappa shape index (κ3) is 3.85. The summed E-state index contributed by atoms with van der Waals surface area (Å²) in [4.78, 5) is 12.3. The molecule has 2 N–H and O–H groups in total. The number of carbonyl (C=O) groups is 1. The Kier molecular flexibility index (Phi) is 4.99. The van der Waals surface area contributed by atoms with Crippen LogP contribution in [-0.2, 0) is 0 Å². The van der Waals surface area contributed by atoms with Gasteiger partial charge in [-0.25, -0.2) is 0 Å². The van der Waals surface area contributed by atoms with E-state index in [1.165, 1.54) is 0 Å². The van der Waals surface area contributed by atoms with Gasteiger partial charge in [-0.15, -0.1) is 0 Å². The predicted molar refractivity (Wildman–Crippen MR) is 84.5 cm³/mol. The van der Waals surface area contributed by atoms with Crippen LogP contribution in [0.15, 0.2) is 42.5 Å². The van der Waals surface area contributed by atoms with Gasteiger partial charge in [-0.2, -0.15) is 0 Å². The first-order valence-corrected chi connectivity index (χ1v) is 6.76. The van der Waals surface area contributed by atoms with Crippen LogP contribution in [0.5, 0.6) is 0 Å². The summed E-state index contributed by atoms with van der Waals surface area (Å²) >= 11 is 6.03. The molecule has 3 nitrogen and oxygen atoms in total. The van der Waals surface area contributed by atoms with Gasteiger partial charge < -0.3 is 10.4 Å². The van der Waals surface area contributed by atoms with Crippen LogP contribution < -0.4 is 5.32 Å². The fourth-order valence-corrected chi connectivity index (χ4v) is 1.99. The Morgan fingerprint density at radius 2 is 2.05 bits per heavy atom. The van der Waals surface area contributed by atoms with Gasteiger partial charge in [0.25, 0.3) is 5.91 Å². The van der Waals surface area contributed by atoms with Gasteiger partial charge in [-0.05, 0) is 42.8 Å². The van der Waals surface area contributed by atoms with Crippen LogP contribution in [0.1, 0.15) is 21.5 Å². The zero-order chi connectivity index (χ0) is 15.2. The van der Waals surface area contributed by atoms with Crippen LogP contribution in [0, 0.1) is 18.8 Å². The molecular weight excluding hydrogens is 286 g/mol. The number of hydrogen-bond acceptors (Lipinski definition) is 2. The number of anilines is 1. The van der Waals surface area contributed by atoms with Crippen LogP contribution in [0.4, 0.5) is 5.69 Å². The standard InChI is InChI=1S/C17H14ClNO2/c1-12-15(18)8-3-9-16(12)19-17(21)14-7-2-5-13(11-14)6-4-10-20/h2-3,5,7-9,11,20H,10H2,1H3,(H,19,21). The van der Waals surface area contributed by atoms with E-state index < -0.39 is 0 Å². The molecule has 0 heterocycles. The highest BCUT2D eigenvalue weighted by molar-refractivity contribution is 6.31. The summed E-state index contributed by atoms with van der Waals surface area (Å²) in [5.74, 6) is 5.10. The molecule has 1 amide bonds. The maximum Gasteiger partial charge on any atom is 0.255 e. The normalized spacial score (nSPS) is 9.67. The third-order valence-electron chi connectivity index (χ3n) is 2.95. The van der Waals surface area contributed by atoms with Crippen molar-refractivity contribution in [3.8, 4) is 11.8 Å². The lowest BCUT2D eigenvalue weighted by Gasteiger charge is -2.09. The Bertz CT molecular complexity index is 729. The number of aliphatic hydroxyl groups is 1. The van der Waals surface area contributed by atoms with Gasteiger partial charge in [-0.3, -0.25) is 4.79 Å². The van der Waals surface area contributed by atoms with Gasteiger partial charge >= 0.3 is 0 Å². The Morgan fingerprint density at radius 3 is 2.81 bits per heavy atom. The smallest absolute Gasteiger partial charge is 0.255 e. The lowest BCUT2D eigenvalue weighted by molar-refractivity contribution is 0.102. The molecular formula is C17H14ClNO2. The molecule has 0 aliphatic rings. The maximum absolute atomic E-state index is 12.3. The number of nitrogens with one attached hydrogen (secondary N) is 1. The number of carbonyl (C=O) groups excluding carboxylic acids is 1. The molecule has 0 aliphatic heterocycles. The van der Waals surface area contributed by atoms with Gasteiger partial charge in [0.1, 0.15) is 6.61 Å². The maximum atomic E-state index is 12.3. The average molecular weight is 300 g/mol. The fourth-order valence-electron chi connectivity index (χ4n) is 1.82. The van der Waals surface area contributed by atoms with Crippen molar-refractivity contribution < 1.29 is 9.90 Å². The van der Waals surface area contributed by atoms with E-state index in [1.54, 1.807) is 42.5 Å². The second-order valence-corrected chi connectivity index (χ2v) is 4.81. The minimum Gasteiger partial charge on any atom is -0.384 e. The molecule has 0 aromatic heterocycles. The second kappa shape index (κ2) is 6.94. The molecule has 2 aromatic carbocycles. The number of benzene rings is 2. The molecule has 0 atom stereocenters. The molecule has 0 bridgehead atoms. The quantitative estimate of drug-likeness (QED) is 0.836. The second-order valence-electron chi connectivity index (χ2n) is 4.41. The molecule has 0 saturated heterocycles. The van der Waals surface area contributed by atoms with E-state index in [1.807, 2.05) is 6.92 Å². The first kappa shape index (κ1) is 15.1. The summed E-state index contributed by atoms with van der Waals surface area (Å²) in [6.45, 7) is 1.64. The highest BCUT2D eigenvalue weighted by atomic mass is 35.5. The summed E-state index contributed by atoms with van der Waals surface area (Å²) in [5, 5.41) is 12.1. The van der Waals surface area contributed by atoms with Crippen LogP contribution in [0.25, 0.3) is 0 Å². The summed E-state index contributed by atoms with van der Waals surface area (Å²) in [6, 6.07) is 12.3. The predicted octanol–water partition coefficient (Wildman–Crippen LogP) is 3.24. The molecule has 0 aliphatic carbocycles. The number of aliphatic hydroxyl groups excluding tert-OH is 1. The third-order valence-corrected chi connectivity index (χ3v) is 3.36. The number of hydrogen-bond donors (Lipinski definition) is 2. The van der Waals surface area contributed by atoms with Crippen molar-refractivity contribution >= 4 is 23.2 Å². The van der Waals surface area contributed by atoms with Crippen LogP contribution in [0.2, 0.25) is 5.02 Å². The Balaban J connectivity index is 2.22. The summed E-state index contributed by atoms with van der Waals surface area (Å²) < 4.78 is 0. The molecule has 0 saturated carbocycles. The SMILES string of the molecule is Cc1c(Cl)cccc1NC(=O)c1cccc(C#CCO)c1. The monoisotopic (exact) mass is 299 g/mol. The highest BCUT2D eigenvalue weighted by Gasteiger charge is 2.09. The first-order chi connectivity index (χ1) is 10.1. The van der Waals surface area contributed by atoms with Gasteiger partial charge in [0, 0.05) is 21.8 Å². The van der Waals surface area contributed by atoms with E-state index >= 15 is 0 Å². The van der Waals surface area contributed by atoms with Gasteiger partial charge in [0.05, 0.1) is 0 Å². The molecule has 21 heavy (non-hydrogen) atoms. The molecule has 2 aromatic rings.